The highest BCUT2D eigenvalue weighted by atomic mass is 16.5. The number of amides is 1. The molecule has 0 radical (unpaired) electrons. The third-order valence-corrected chi connectivity index (χ3v) is 3.31. The molecule has 1 aromatic carbocycles. The molecule has 0 aliphatic carbocycles. The summed E-state index contributed by atoms with van der Waals surface area (Å²) in [4.78, 5) is 22.9. The number of aromatic nitrogens is 1. The normalized spacial score (nSPS) is 12.2. The largest absolute Gasteiger partial charge is 0.481 e. The summed E-state index contributed by atoms with van der Waals surface area (Å²) in [5, 5.41) is 16.4. The van der Waals surface area contributed by atoms with Gasteiger partial charge in [-0.1, -0.05) is 30.6 Å². The van der Waals surface area contributed by atoms with E-state index in [1.54, 1.807) is 6.07 Å². The second kappa shape index (κ2) is 6.88. The van der Waals surface area contributed by atoms with Gasteiger partial charge in [-0.15, -0.1) is 0 Å². The van der Waals surface area contributed by atoms with Crippen molar-refractivity contribution in [2.24, 2.45) is 5.92 Å². The maximum absolute atomic E-state index is 11.9. The Morgan fingerprint density at radius 2 is 2.14 bits per heavy atom. The van der Waals surface area contributed by atoms with Crippen LogP contribution in [0, 0.1) is 5.92 Å². The van der Waals surface area contributed by atoms with E-state index < -0.39 is 11.9 Å². The predicted molar refractivity (Wildman–Crippen MR) is 76.8 cm³/mol. The summed E-state index contributed by atoms with van der Waals surface area (Å²) in [7, 11) is 0. The van der Waals surface area contributed by atoms with Gasteiger partial charge in [0.1, 0.15) is 5.69 Å². The van der Waals surface area contributed by atoms with Crippen LogP contribution in [0.5, 0.6) is 0 Å². The fourth-order valence-electron chi connectivity index (χ4n) is 2.18. The van der Waals surface area contributed by atoms with E-state index in [0.29, 0.717) is 17.7 Å². The van der Waals surface area contributed by atoms with Crippen LogP contribution in [-0.2, 0) is 16.0 Å². The number of rotatable bonds is 7. The fourth-order valence-corrected chi connectivity index (χ4v) is 2.18. The lowest BCUT2D eigenvalue weighted by atomic mass is 10.0. The first-order chi connectivity index (χ1) is 10.1. The Labute approximate surface area is 122 Å². The summed E-state index contributed by atoms with van der Waals surface area (Å²) in [5.41, 5.74) is 1.19. The van der Waals surface area contributed by atoms with E-state index in [-0.39, 0.29) is 18.9 Å². The minimum absolute atomic E-state index is 0.0788. The molecule has 1 heterocycles. The molecule has 0 aliphatic heterocycles. The van der Waals surface area contributed by atoms with Crippen molar-refractivity contribution in [2.45, 2.75) is 26.2 Å². The summed E-state index contributed by atoms with van der Waals surface area (Å²) in [5.74, 6) is -1.69. The molecule has 1 atom stereocenters. The van der Waals surface area contributed by atoms with Gasteiger partial charge >= 0.3 is 5.97 Å². The van der Waals surface area contributed by atoms with Crippen LogP contribution in [0.3, 0.4) is 0 Å². The number of fused-ring (bicyclic) bond motifs is 1. The number of benzene rings is 1. The Morgan fingerprint density at radius 1 is 1.38 bits per heavy atom. The number of aliphatic carboxylic acids is 1. The van der Waals surface area contributed by atoms with Gasteiger partial charge in [-0.05, 0) is 18.6 Å². The highest BCUT2D eigenvalue weighted by molar-refractivity contribution is 5.86. The Kier molecular flexibility index (Phi) is 4.92. The van der Waals surface area contributed by atoms with Crippen molar-refractivity contribution in [3.63, 3.8) is 0 Å². The zero-order chi connectivity index (χ0) is 15.2. The minimum Gasteiger partial charge on any atom is -0.481 e. The minimum atomic E-state index is -0.885. The zero-order valence-corrected chi connectivity index (χ0v) is 11.8. The summed E-state index contributed by atoms with van der Waals surface area (Å²) in [6.45, 7) is 2.05. The summed E-state index contributed by atoms with van der Waals surface area (Å²) < 4.78 is 5.13. The third kappa shape index (κ3) is 3.81. The molecule has 1 aromatic heterocycles. The fraction of sp³-hybridized carbons (Fsp3) is 0.400. The van der Waals surface area contributed by atoms with E-state index in [1.165, 1.54) is 0 Å². The van der Waals surface area contributed by atoms with Crippen molar-refractivity contribution in [1.82, 2.24) is 10.5 Å². The molecule has 0 saturated carbocycles. The van der Waals surface area contributed by atoms with Crippen LogP contribution in [0.2, 0.25) is 0 Å². The molecule has 2 aromatic rings. The molecule has 6 nitrogen and oxygen atoms in total. The smallest absolute Gasteiger partial charge is 0.308 e. The quantitative estimate of drug-likeness (QED) is 0.813. The first kappa shape index (κ1) is 15.0. The number of nitrogens with one attached hydrogen (secondary N) is 1. The van der Waals surface area contributed by atoms with Crippen molar-refractivity contribution in [3.8, 4) is 0 Å². The van der Waals surface area contributed by atoms with E-state index in [1.807, 2.05) is 25.1 Å². The van der Waals surface area contributed by atoms with Crippen LogP contribution in [-0.4, -0.2) is 28.7 Å². The first-order valence-corrected chi connectivity index (χ1v) is 6.94. The maximum atomic E-state index is 11.9. The lowest BCUT2D eigenvalue weighted by Crippen LogP contribution is -2.33. The molecule has 0 aliphatic rings. The SMILES string of the molecule is CCCC(CNC(=O)Cc1noc2ccccc12)C(=O)O. The Balaban J connectivity index is 1.94. The second-order valence-electron chi connectivity index (χ2n) is 4.93. The number of nitrogens with zero attached hydrogens (tertiary/aromatic N) is 1. The average Bonchev–Trinajstić information content (AvgIpc) is 2.86. The molecular weight excluding hydrogens is 272 g/mol. The van der Waals surface area contributed by atoms with Gasteiger partial charge in [0, 0.05) is 11.9 Å². The van der Waals surface area contributed by atoms with Gasteiger partial charge in [0.25, 0.3) is 0 Å². The number of para-hydroxylation sites is 1. The number of carbonyl (C=O) groups excluding carboxylic acids is 1. The topological polar surface area (TPSA) is 92.4 Å². The maximum Gasteiger partial charge on any atom is 0.308 e. The predicted octanol–water partition coefficient (Wildman–Crippen LogP) is 1.99. The van der Waals surface area contributed by atoms with Crippen molar-refractivity contribution in [2.75, 3.05) is 6.54 Å². The van der Waals surface area contributed by atoms with Gasteiger partial charge in [-0.25, -0.2) is 0 Å². The monoisotopic (exact) mass is 290 g/mol. The molecular formula is C15H18N2O4. The highest BCUT2D eigenvalue weighted by Gasteiger charge is 2.18. The third-order valence-electron chi connectivity index (χ3n) is 3.31. The highest BCUT2D eigenvalue weighted by Crippen LogP contribution is 2.18. The first-order valence-electron chi connectivity index (χ1n) is 6.94. The van der Waals surface area contributed by atoms with Crippen LogP contribution in [0.1, 0.15) is 25.5 Å². The van der Waals surface area contributed by atoms with Crippen molar-refractivity contribution in [1.29, 1.82) is 0 Å². The Morgan fingerprint density at radius 3 is 2.86 bits per heavy atom. The molecule has 1 amide bonds. The molecule has 2 N–H and O–H groups in total. The van der Waals surface area contributed by atoms with E-state index >= 15 is 0 Å². The van der Waals surface area contributed by atoms with Gasteiger partial charge in [0.2, 0.25) is 5.91 Å². The van der Waals surface area contributed by atoms with Gasteiger partial charge in [-0.3, -0.25) is 9.59 Å². The van der Waals surface area contributed by atoms with Gasteiger partial charge in [0.05, 0.1) is 12.3 Å². The number of carboxylic acids is 1. The number of carbonyl (C=O) groups is 2. The van der Waals surface area contributed by atoms with Crippen LogP contribution >= 0.6 is 0 Å². The van der Waals surface area contributed by atoms with E-state index in [9.17, 15) is 9.59 Å². The Hall–Kier alpha value is -2.37. The number of hydrogen-bond acceptors (Lipinski definition) is 4. The summed E-state index contributed by atoms with van der Waals surface area (Å²) in [6.07, 6.45) is 1.39. The van der Waals surface area contributed by atoms with Gasteiger partial charge < -0.3 is 14.9 Å². The summed E-state index contributed by atoms with van der Waals surface area (Å²) in [6, 6.07) is 7.30. The van der Waals surface area contributed by atoms with Crippen molar-refractivity contribution < 1.29 is 19.2 Å². The van der Waals surface area contributed by atoms with E-state index in [2.05, 4.69) is 10.5 Å². The molecule has 0 fully saturated rings. The van der Waals surface area contributed by atoms with E-state index in [4.69, 9.17) is 9.63 Å². The van der Waals surface area contributed by atoms with Gasteiger partial charge in [0.15, 0.2) is 5.58 Å². The van der Waals surface area contributed by atoms with Crippen LogP contribution in [0.25, 0.3) is 11.0 Å². The van der Waals surface area contributed by atoms with Crippen molar-refractivity contribution in [3.05, 3.63) is 30.0 Å². The Bertz CT molecular complexity index is 635. The zero-order valence-electron chi connectivity index (χ0n) is 11.8. The second-order valence-corrected chi connectivity index (χ2v) is 4.93. The molecule has 0 saturated heterocycles. The molecule has 21 heavy (non-hydrogen) atoms. The standard InChI is InChI=1S/C15H18N2O4/c1-2-5-10(15(19)20)9-16-14(18)8-12-11-6-3-4-7-13(11)21-17-12/h3-4,6-7,10H,2,5,8-9H2,1H3,(H,16,18)(H,19,20). The molecule has 0 bridgehead atoms. The summed E-state index contributed by atoms with van der Waals surface area (Å²) >= 11 is 0. The molecule has 112 valence electrons. The van der Waals surface area contributed by atoms with Crippen molar-refractivity contribution >= 4 is 22.8 Å². The van der Waals surface area contributed by atoms with E-state index in [0.717, 1.165) is 11.8 Å². The van der Waals surface area contributed by atoms with Gasteiger partial charge in [-0.2, -0.15) is 0 Å². The lowest BCUT2D eigenvalue weighted by molar-refractivity contribution is -0.141. The molecule has 0 spiro atoms. The number of hydrogen-bond donors (Lipinski definition) is 2. The van der Waals surface area contributed by atoms with Crippen LogP contribution in [0.4, 0.5) is 0 Å². The molecule has 1 unspecified atom stereocenters. The molecule has 2 rings (SSSR count). The van der Waals surface area contributed by atoms with Crippen LogP contribution in [0.15, 0.2) is 28.8 Å². The number of carboxylic acid groups (broad SMARTS) is 1. The lowest BCUT2D eigenvalue weighted by Gasteiger charge is -2.11. The molecule has 6 heteroatoms. The van der Waals surface area contributed by atoms with Crippen LogP contribution < -0.4 is 5.32 Å². The average molecular weight is 290 g/mol.